The summed E-state index contributed by atoms with van der Waals surface area (Å²) in [5.41, 5.74) is 0. The summed E-state index contributed by atoms with van der Waals surface area (Å²) in [7, 11) is 0. The fourth-order valence-electron chi connectivity index (χ4n) is 1.10. The van der Waals surface area contributed by atoms with Crippen molar-refractivity contribution in [2.24, 2.45) is 0 Å². The van der Waals surface area contributed by atoms with Gasteiger partial charge >= 0.3 is 0 Å². The van der Waals surface area contributed by atoms with E-state index in [0.29, 0.717) is 11.6 Å². The van der Waals surface area contributed by atoms with E-state index in [9.17, 15) is 8.78 Å². The van der Waals surface area contributed by atoms with Crippen LogP contribution in [-0.2, 0) is 0 Å². The normalized spacial score (nSPS) is 12.5. The molecule has 0 bridgehead atoms. The molecule has 1 atom stereocenters. The van der Waals surface area contributed by atoms with E-state index in [1.807, 2.05) is 6.92 Å². The van der Waals surface area contributed by atoms with Crippen LogP contribution in [0.4, 0.5) is 20.4 Å². The van der Waals surface area contributed by atoms with Crippen LogP contribution in [0.5, 0.6) is 0 Å². The average Bonchev–Trinajstić information content (AvgIpc) is 2.33. The van der Waals surface area contributed by atoms with Crippen LogP contribution < -0.4 is 10.6 Å². The van der Waals surface area contributed by atoms with Crippen molar-refractivity contribution >= 4 is 11.6 Å². The molecule has 0 aliphatic carbocycles. The van der Waals surface area contributed by atoms with Crippen LogP contribution >= 0.6 is 0 Å². The van der Waals surface area contributed by atoms with Crippen molar-refractivity contribution in [2.45, 2.75) is 25.9 Å². The molecule has 0 aliphatic heterocycles. The summed E-state index contributed by atoms with van der Waals surface area (Å²) in [5, 5.41) is 14.6. The van der Waals surface area contributed by atoms with E-state index < -0.39 is 12.5 Å². The molecule has 1 heterocycles. The second-order valence-corrected chi connectivity index (χ2v) is 3.50. The maximum Gasteiger partial charge on any atom is 0.265 e. The van der Waals surface area contributed by atoms with Gasteiger partial charge in [-0.25, -0.2) is 18.7 Å². The Kier molecular flexibility index (Phi) is 5.55. The molecule has 0 aliphatic rings. The number of rotatable bonds is 7. The zero-order valence-corrected chi connectivity index (χ0v) is 9.53. The molecule has 7 heteroatoms. The molecule has 3 N–H and O–H groups in total. The van der Waals surface area contributed by atoms with E-state index in [1.54, 1.807) is 6.07 Å². The van der Waals surface area contributed by atoms with Crippen molar-refractivity contribution in [3.05, 3.63) is 12.4 Å². The Balaban J connectivity index is 2.48. The van der Waals surface area contributed by atoms with Gasteiger partial charge in [0.1, 0.15) is 24.1 Å². The number of hydrogen-bond acceptors (Lipinski definition) is 5. The predicted octanol–water partition coefficient (Wildman–Crippen LogP) is 1.34. The zero-order valence-electron chi connectivity index (χ0n) is 9.53. The SMILES string of the molecule is CCCNc1cc(NCC(O)C(F)F)ncn1. The number of nitrogens with zero attached hydrogens (tertiary/aromatic N) is 2. The summed E-state index contributed by atoms with van der Waals surface area (Å²) < 4.78 is 24.1. The molecular formula is C10H16F2N4O. The highest BCUT2D eigenvalue weighted by atomic mass is 19.3. The molecule has 96 valence electrons. The summed E-state index contributed by atoms with van der Waals surface area (Å²) in [6.07, 6.45) is -2.18. The van der Waals surface area contributed by atoms with Gasteiger partial charge in [0.15, 0.2) is 0 Å². The van der Waals surface area contributed by atoms with Gasteiger partial charge in [-0.1, -0.05) is 6.92 Å². The first kappa shape index (κ1) is 13.6. The van der Waals surface area contributed by atoms with Gasteiger partial charge in [0.25, 0.3) is 6.43 Å². The van der Waals surface area contributed by atoms with E-state index in [2.05, 4.69) is 20.6 Å². The van der Waals surface area contributed by atoms with Crippen molar-refractivity contribution in [3.8, 4) is 0 Å². The predicted molar refractivity (Wildman–Crippen MR) is 61.3 cm³/mol. The van der Waals surface area contributed by atoms with Crippen molar-refractivity contribution < 1.29 is 13.9 Å². The molecule has 1 aromatic rings. The van der Waals surface area contributed by atoms with Gasteiger partial charge in [-0.15, -0.1) is 0 Å². The van der Waals surface area contributed by atoms with Crippen LogP contribution in [0.1, 0.15) is 13.3 Å². The number of anilines is 2. The summed E-state index contributed by atoms with van der Waals surface area (Å²) >= 11 is 0. The molecule has 1 aromatic heterocycles. The lowest BCUT2D eigenvalue weighted by Crippen LogP contribution is -2.27. The fourth-order valence-corrected chi connectivity index (χ4v) is 1.10. The molecule has 0 fully saturated rings. The quantitative estimate of drug-likeness (QED) is 0.677. The first-order chi connectivity index (χ1) is 8.13. The number of aliphatic hydroxyl groups is 1. The number of aliphatic hydroxyl groups excluding tert-OH is 1. The van der Waals surface area contributed by atoms with Crippen LogP contribution in [0.25, 0.3) is 0 Å². The first-order valence-electron chi connectivity index (χ1n) is 5.39. The molecule has 0 spiro atoms. The van der Waals surface area contributed by atoms with Crippen molar-refractivity contribution in [1.82, 2.24) is 9.97 Å². The molecule has 0 radical (unpaired) electrons. The first-order valence-corrected chi connectivity index (χ1v) is 5.39. The third-order valence-corrected chi connectivity index (χ3v) is 2.01. The number of aromatic nitrogens is 2. The second-order valence-electron chi connectivity index (χ2n) is 3.50. The van der Waals surface area contributed by atoms with E-state index in [4.69, 9.17) is 5.11 Å². The standard InChI is InChI=1S/C10H16F2N4O/c1-2-3-13-8-4-9(16-6-15-8)14-5-7(17)10(11)12/h4,6-7,10,17H,2-3,5H2,1H3,(H2,13,14,15,16). The molecule has 0 saturated heterocycles. The monoisotopic (exact) mass is 246 g/mol. The number of alkyl halides is 2. The maximum absolute atomic E-state index is 12.0. The van der Waals surface area contributed by atoms with E-state index in [1.165, 1.54) is 6.33 Å². The van der Waals surface area contributed by atoms with E-state index in [-0.39, 0.29) is 6.54 Å². The fraction of sp³-hybridized carbons (Fsp3) is 0.600. The van der Waals surface area contributed by atoms with Crippen LogP contribution in [0, 0.1) is 0 Å². The Morgan fingerprint density at radius 1 is 1.29 bits per heavy atom. The molecule has 0 amide bonds. The minimum Gasteiger partial charge on any atom is -0.385 e. The lowest BCUT2D eigenvalue weighted by atomic mass is 10.3. The molecule has 1 rings (SSSR count). The third kappa shape index (κ3) is 4.90. The Bertz CT molecular complexity index is 338. The lowest BCUT2D eigenvalue weighted by molar-refractivity contribution is 0.00381. The van der Waals surface area contributed by atoms with Crippen LogP contribution in [-0.4, -0.2) is 40.7 Å². The van der Waals surface area contributed by atoms with E-state index in [0.717, 1.165) is 13.0 Å². The van der Waals surface area contributed by atoms with Crippen molar-refractivity contribution in [2.75, 3.05) is 23.7 Å². The van der Waals surface area contributed by atoms with Gasteiger partial charge in [-0.2, -0.15) is 0 Å². The Labute approximate surface area is 98.3 Å². The second kappa shape index (κ2) is 6.95. The minimum atomic E-state index is -2.76. The Morgan fingerprint density at radius 3 is 2.53 bits per heavy atom. The average molecular weight is 246 g/mol. The van der Waals surface area contributed by atoms with Gasteiger partial charge in [0.05, 0.1) is 0 Å². The van der Waals surface area contributed by atoms with Crippen molar-refractivity contribution in [3.63, 3.8) is 0 Å². The molecule has 0 aromatic carbocycles. The Morgan fingerprint density at radius 2 is 1.94 bits per heavy atom. The third-order valence-electron chi connectivity index (χ3n) is 2.01. The topological polar surface area (TPSA) is 70.1 Å². The zero-order chi connectivity index (χ0) is 12.7. The van der Waals surface area contributed by atoms with Gasteiger partial charge < -0.3 is 15.7 Å². The summed E-state index contributed by atoms with van der Waals surface area (Å²) in [6, 6.07) is 1.61. The molecular weight excluding hydrogens is 230 g/mol. The van der Waals surface area contributed by atoms with E-state index >= 15 is 0 Å². The highest BCUT2D eigenvalue weighted by molar-refractivity contribution is 5.46. The molecule has 1 unspecified atom stereocenters. The van der Waals surface area contributed by atoms with Gasteiger partial charge in [0, 0.05) is 19.2 Å². The van der Waals surface area contributed by atoms with Crippen LogP contribution in [0.2, 0.25) is 0 Å². The number of nitrogens with one attached hydrogen (secondary N) is 2. The lowest BCUT2D eigenvalue weighted by Gasteiger charge is -2.11. The van der Waals surface area contributed by atoms with Crippen molar-refractivity contribution in [1.29, 1.82) is 0 Å². The Hall–Kier alpha value is -1.50. The summed E-state index contributed by atoms with van der Waals surface area (Å²) in [5.74, 6) is 1.02. The smallest absolute Gasteiger partial charge is 0.265 e. The van der Waals surface area contributed by atoms with Gasteiger partial charge in [-0.05, 0) is 6.42 Å². The largest absolute Gasteiger partial charge is 0.385 e. The van der Waals surface area contributed by atoms with Gasteiger partial charge in [0.2, 0.25) is 0 Å². The highest BCUT2D eigenvalue weighted by Gasteiger charge is 2.16. The van der Waals surface area contributed by atoms with Crippen LogP contribution in [0.15, 0.2) is 12.4 Å². The highest BCUT2D eigenvalue weighted by Crippen LogP contribution is 2.09. The molecule has 0 saturated carbocycles. The summed E-state index contributed by atoms with van der Waals surface area (Å²) in [4.78, 5) is 7.83. The molecule has 17 heavy (non-hydrogen) atoms. The number of halogens is 2. The number of hydrogen-bond donors (Lipinski definition) is 3. The maximum atomic E-state index is 12.0. The minimum absolute atomic E-state index is 0.248. The molecule has 5 nitrogen and oxygen atoms in total. The van der Waals surface area contributed by atoms with Gasteiger partial charge in [-0.3, -0.25) is 0 Å². The summed E-state index contributed by atoms with van der Waals surface area (Å²) in [6.45, 7) is 2.55. The van der Waals surface area contributed by atoms with Crippen LogP contribution in [0.3, 0.4) is 0 Å².